The van der Waals surface area contributed by atoms with Crippen molar-refractivity contribution in [3.05, 3.63) is 41.9 Å². The fourth-order valence-electron chi connectivity index (χ4n) is 2.85. The molecule has 0 radical (unpaired) electrons. The zero-order chi connectivity index (χ0) is 14.1. The smallest absolute Gasteiger partial charge is 0.253 e. The van der Waals surface area contributed by atoms with Gasteiger partial charge in [0.2, 0.25) is 0 Å². The molecule has 5 heteroatoms. The molecular weight excluding hydrogens is 286 g/mol. The van der Waals surface area contributed by atoms with Gasteiger partial charge in [-0.1, -0.05) is 13.8 Å². The van der Waals surface area contributed by atoms with Crippen molar-refractivity contribution in [3.63, 3.8) is 0 Å². The summed E-state index contributed by atoms with van der Waals surface area (Å²) in [6.07, 6.45) is 4.60. The summed E-state index contributed by atoms with van der Waals surface area (Å²) in [6, 6.07) is 5.85. The molecular formula is C16H20ClN3O. The SMILES string of the molecule is CC(C)C[C@H]1CNC(=O)c2cc(-c3ccncc3)[nH]c21.Cl. The molecule has 1 aliphatic heterocycles. The van der Waals surface area contributed by atoms with Crippen LogP contribution in [0, 0.1) is 5.92 Å². The van der Waals surface area contributed by atoms with Crippen LogP contribution >= 0.6 is 12.4 Å². The Morgan fingerprint density at radius 2 is 2.05 bits per heavy atom. The Morgan fingerprint density at radius 1 is 1.33 bits per heavy atom. The summed E-state index contributed by atoms with van der Waals surface area (Å²) in [6.45, 7) is 5.14. The summed E-state index contributed by atoms with van der Waals surface area (Å²) in [5.41, 5.74) is 3.91. The van der Waals surface area contributed by atoms with Gasteiger partial charge in [-0.05, 0) is 30.5 Å². The van der Waals surface area contributed by atoms with Crippen LogP contribution in [0.5, 0.6) is 0 Å². The first-order valence-corrected chi connectivity index (χ1v) is 7.06. The van der Waals surface area contributed by atoms with Gasteiger partial charge in [-0.2, -0.15) is 0 Å². The Bertz CT molecular complexity index is 622. The standard InChI is InChI=1S/C16H19N3O.ClH/c1-10(2)7-12-9-18-16(20)13-8-14(19-15(12)13)11-3-5-17-6-4-11;/h3-6,8,10,12,19H,7,9H2,1-2H3,(H,18,20);1H/t12-;/m0./s1. The normalized spacial score (nSPS) is 17.1. The number of aromatic amines is 1. The highest BCUT2D eigenvalue weighted by Gasteiger charge is 2.28. The van der Waals surface area contributed by atoms with Crippen molar-refractivity contribution in [2.75, 3.05) is 6.54 Å². The van der Waals surface area contributed by atoms with Crippen LogP contribution in [0.1, 0.15) is 42.2 Å². The number of nitrogens with zero attached hydrogens (tertiary/aromatic N) is 1. The highest BCUT2D eigenvalue weighted by molar-refractivity contribution is 5.98. The average molecular weight is 306 g/mol. The molecule has 21 heavy (non-hydrogen) atoms. The molecule has 0 fully saturated rings. The Morgan fingerprint density at radius 3 is 2.71 bits per heavy atom. The predicted molar refractivity (Wildman–Crippen MR) is 85.8 cm³/mol. The first kappa shape index (κ1) is 15.6. The molecule has 0 spiro atoms. The maximum absolute atomic E-state index is 12.0. The summed E-state index contributed by atoms with van der Waals surface area (Å²) in [7, 11) is 0. The molecule has 0 aromatic carbocycles. The van der Waals surface area contributed by atoms with Gasteiger partial charge in [-0.15, -0.1) is 12.4 Å². The number of fused-ring (bicyclic) bond motifs is 1. The number of hydrogen-bond donors (Lipinski definition) is 2. The number of hydrogen-bond acceptors (Lipinski definition) is 2. The van der Waals surface area contributed by atoms with Crippen molar-refractivity contribution < 1.29 is 4.79 Å². The van der Waals surface area contributed by atoms with Crippen molar-refractivity contribution >= 4 is 18.3 Å². The van der Waals surface area contributed by atoms with Gasteiger partial charge in [-0.3, -0.25) is 9.78 Å². The summed E-state index contributed by atoms with van der Waals surface area (Å²) in [5.74, 6) is 1.00. The highest BCUT2D eigenvalue weighted by atomic mass is 35.5. The summed E-state index contributed by atoms with van der Waals surface area (Å²) >= 11 is 0. The van der Waals surface area contributed by atoms with Crippen LogP contribution in [0.2, 0.25) is 0 Å². The Labute approximate surface area is 130 Å². The number of carbonyl (C=O) groups is 1. The lowest BCUT2D eigenvalue weighted by molar-refractivity contribution is 0.0938. The van der Waals surface area contributed by atoms with Gasteiger partial charge in [-0.25, -0.2) is 0 Å². The molecule has 0 saturated carbocycles. The fourth-order valence-corrected chi connectivity index (χ4v) is 2.85. The summed E-state index contributed by atoms with van der Waals surface area (Å²) < 4.78 is 0. The van der Waals surface area contributed by atoms with E-state index in [9.17, 15) is 4.79 Å². The largest absolute Gasteiger partial charge is 0.357 e. The number of amides is 1. The molecule has 4 nitrogen and oxygen atoms in total. The lowest BCUT2D eigenvalue weighted by Crippen LogP contribution is -2.35. The molecule has 0 bridgehead atoms. The minimum absolute atomic E-state index is 0. The minimum atomic E-state index is 0. The van der Waals surface area contributed by atoms with Crippen LogP contribution in [-0.2, 0) is 0 Å². The van der Waals surface area contributed by atoms with E-state index < -0.39 is 0 Å². The quantitative estimate of drug-likeness (QED) is 0.913. The first-order valence-electron chi connectivity index (χ1n) is 7.06. The van der Waals surface area contributed by atoms with Crippen LogP contribution in [0.3, 0.4) is 0 Å². The first-order chi connectivity index (χ1) is 9.65. The van der Waals surface area contributed by atoms with E-state index in [0.29, 0.717) is 11.8 Å². The van der Waals surface area contributed by atoms with Crippen LogP contribution in [-0.4, -0.2) is 22.4 Å². The van der Waals surface area contributed by atoms with Crippen molar-refractivity contribution in [2.24, 2.45) is 5.92 Å². The number of rotatable bonds is 3. The molecule has 2 aromatic heterocycles. The Balaban J connectivity index is 0.00000161. The van der Waals surface area contributed by atoms with Gasteiger partial charge >= 0.3 is 0 Å². The van der Waals surface area contributed by atoms with Gasteiger partial charge in [0.05, 0.1) is 5.56 Å². The number of halogens is 1. The molecule has 2 aromatic rings. The van der Waals surface area contributed by atoms with Crippen molar-refractivity contribution in [2.45, 2.75) is 26.2 Å². The third kappa shape index (κ3) is 3.10. The second kappa shape index (κ2) is 6.31. The van der Waals surface area contributed by atoms with E-state index in [2.05, 4.69) is 29.1 Å². The number of aromatic nitrogens is 2. The highest BCUT2D eigenvalue weighted by Crippen LogP contribution is 2.32. The number of pyridine rings is 1. The van der Waals surface area contributed by atoms with Crippen molar-refractivity contribution in [1.82, 2.24) is 15.3 Å². The number of carbonyl (C=O) groups excluding carboxylic acids is 1. The van der Waals surface area contributed by atoms with Gasteiger partial charge in [0.25, 0.3) is 5.91 Å². The van der Waals surface area contributed by atoms with E-state index in [0.717, 1.165) is 35.5 Å². The third-order valence-corrected chi connectivity index (χ3v) is 3.76. The van der Waals surface area contributed by atoms with Crippen LogP contribution in [0.25, 0.3) is 11.3 Å². The Hall–Kier alpha value is -1.81. The average Bonchev–Trinajstić information content (AvgIpc) is 2.89. The van der Waals surface area contributed by atoms with Gasteiger partial charge in [0.1, 0.15) is 0 Å². The molecule has 3 rings (SSSR count). The Kier molecular flexibility index (Phi) is 4.68. The molecule has 2 N–H and O–H groups in total. The van der Waals surface area contributed by atoms with Gasteiger partial charge < -0.3 is 10.3 Å². The number of H-pyrrole nitrogens is 1. The summed E-state index contributed by atoms with van der Waals surface area (Å²) in [5, 5.41) is 2.99. The third-order valence-electron chi connectivity index (χ3n) is 3.76. The molecule has 0 aliphatic carbocycles. The van der Waals surface area contributed by atoms with Crippen LogP contribution < -0.4 is 5.32 Å². The second-order valence-corrected chi connectivity index (χ2v) is 5.78. The van der Waals surface area contributed by atoms with E-state index in [4.69, 9.17) is 0 Å². The van der Waals surface area contributed by atoms with Crippen molar-refractivity contribution in [1.29, 1.82) is 0 Å². The molecule has 1 amide bonds. The van der Waals surface area contributed by atoms with E-state index in [1.807, 2.05) is 18.2 Å². The molecule has 3 heterocycles. The van der Waals surface area contributed by atoms with Crippen LogP contribution in [0.4, 0.5) is 0 Å². The minimum Gasteiger partial charge on any atom is -0.357 e. The maximum Gasteiger partial charge on any atom is 0.253 e. The van der Waals surface area contributed by atoms with Gasteiger partial charge in [0, 0.05) is 41.8 Å². The second-order valence-electron chi connectivity index (χ2n) is 5.78. The molecule has 112 valence electrons. The topological polar surface area (TPSA) is 57.8 Å². The lowest BCUT2D eigenvalue weighted by atomic mass is 9.89. The molecule has 0 saturated heterocycles. The van der Waals surface area contributed by atoms with Crippen LogP contribution in [0.15, 0.2) is 30.6 Å². The van der Waals surface area contributed by atoms with E-state index >= 15 is 0 Å². The maximum atomic E-state index is 12.0. The number of nitrogens with one attached hydrogen (secondary N) is 2. The monoisotopic (exact) mass is 305 g/mol. The van der Waals surface area contributed by atoms with E-state index in [-0.39, 0.29) is 18.3 Å². The fraction of sp³-hybridized carbons (Fsp3) is 0.375. The summed E-state index contributed by atoms with van der Waals surface area (Å²) in [4.78, 5) is 19.5. The van der Waals surface area contributed by atoms with Gasteiger partial charge in [0.15, 0.2) is 0 Å². The van der Waals surface area contributed by atoms with Crippen molar-refractivity contribution in [3.8, 4) is 11.3 Å². The van der Waals surface area contributed by atoms with E-state index in [1.165, 1.54) is 0 Å². The zero-order valence-electron chi connectivity index (χ0n) is 12.2. The lowest BCUT2D eigenvalue weighted by Gasteiger charge is -2.24. The zero-order valence-corrected chi connectivity index (χ0v) is 13.0. The predicted octanol–water partition coefficient (Wildman–Crippen LogP) is 3.37. The van der Waals surface area contributed by atoms with E-state index in [1.54, 1.807) is 12.4 Å². The molecule has 1 aliphatic rings. The molecule has 0 unspecified atom stereocenters. The molecule has 1 atom stereocenters.